The van der Waals surface area contributed by atoms with Crippen LogP contribution in [0, 0.1) is 6.92 Å². The Labute approximate surface area is 229 Å². The molecule has 1 aromatic carbocycles. The average Bonchev–Trinajstić information content (AvgIpc) is 3.58. The van der Waals surface area contributed by atoms with Crippen molar-refractivity contribution in [2.45, 2.75) is 59.0 Å². The number of hydrogen-bond acceptors (Lipinski definition) is 10. The lowest BCUT2D eigenvalue weighted by molar-refractivity contribution is 0.102. The predicted octanol–water partition coefficient (Wildman–Crippen LogP) is 5.01. The number of aromatic nitrogens is 3. The van der Waals surface area contributed by atoms with Gasteiger partial charge in [0, 0.05) is 13.6 Å². The van der Waals surface area contributed by atoms with Gasteiger partial charge in [0.1, 0.15) is 12.0 Å². The lowest BCUT2D eigenvalue weighted by Crippen LogP contribution is -2.43. The van der Waals surface area contributed by atoms with Crippen molar-refractivity contribution < 1.29 is 23.4 Å². The van der Waals surface area contributed by atoms with Crippen LogP contribution in [0.3, 0.4) is 0 Å². The standard InChI is InChI=1S/C28H38N6O5/c1-9-34-14-10-11-21(34)33(6)26-31-24(36-7)22(25(32-26)37-8)30-23(35)19-16-38-27(29-19)39-20-15-18(28(3,4)5)13-12-17(20)2/h12-13,15-16,21H,9-11,14H2,1-8H3,(H,30,35). The Kier molecular flexibility index (Phi) is 8.29. The summed E-state index contributed by atoms with van der Waals surface area (Å²) in [5, 5.41) is 2.75. The number of oxazole rings is 1. The number of ether oxygens (including phenoxy) is 3. The fourth-order valence-corrected chi connectivity index (χ4v) is 4.58. The first-order valence-corrected chi connectivity index (χ1v) is 13.1. The fourth-order valence-electron chi connectivity index (χ4n) is 4.58. The van der Waals surface area contributed by atoms with E-state index in [2.05, 4.69) is 58.9 Å². The second-order valence-electron chi connectivity index (χ2n) is 10.6. The first-order valence-electron chi connectivity index (χ1n) is 13.1. The topological polar surface area (TPSA) is 115 Å². The Hall–Kier alpha value is -3.86. The minimum Gasteiger partial charge on any atom is -0.479 e. The van der Waals surface area contributed by atoms with Gasteiger partial charge in [0.05, 0.1) is 20.4 Å². The second-order valence-corrected chi connectivity index (χ2v) is 10.6. The third-order valence-corrected chi connectivity index (χ3v) is 6.92. The SMILES string of the molecule is CCN1CCCC1N(C)c1nc(OC)c(NC(=O)c2coc(Oc3cc(C(C)(C)C)ccc3C)n2)c(OC)n1. The maximum absolute atomic E-state index is 13.1. The van der Waals surface area contributed by atoms with Gasteiger partial charge in [-0.2, -0.15) is 15.0 Å². The van der Waals surface area contributed by atoms with E-state index >= 15 is 0 Å². The molecule has 39 heavy (non-hydrogen) atoms. The highest BCUT2D eigenvalue weighted by molar-refractivity contribution is 6.04. The smallest absolute Gasteiger partial charge is 0.399 e. The zero-order valence-corrected chi connectivity index (χ0v) is 24.0. The molecule has 4 rings (SSSR count). The fraction of sp³-hybridized carbons (Fsp3) is 0.500. The van der Waals surface area contributed by atoms with E-state index in [1.54, 1.807) is 0 Å². The number of anilines is 2. The van der Waals surface area contributed by atoms with Gasteiger partial charge in [0.25, 0.3) is 5.91 Å². The van der Waals surface area contributed by atoms with Crippen molar-refractivity contribution in [1.29, 1.82) is 0 Å². The van der Waals surface area contributed by atoms with Crippen LogP contribution in [-0.4, -0.2) is 66.3 Å². The minimum absolute atomic E-state index is 0.0180. The van der Waals surface area contributed by atoms with Gasteiger partial charge in [-0.1, -0.05) is 39.8 Å². The predicted molar refractivity (Wildman–Crippen MR) is 148 cm³/mol. The molecule has 2 aromatic heterocycles. The van der Waals surface area contributed by atoms with E-state index in [0.717, 1.165) is 37.1 Å². The van der Waals surface area contributed by atoms with Crippen LogP contribution in [0.5, 0.6) is 23.6 Å². The number of likely N-dealkylation sites (tertiary alicyclic amines) is 1. The Morgan fingerprint density at radius 1 is 1.18 bits per heavy atom. The maximum atomic E-state index is 13.1. The normalized spacial score (nSPS) is 15.7. The summed E-state index contributed by atoms with van der Waals surface area (Å²) in [6.07, 6.45) is 3.48. The molecule has 11 nitrogen and oxygen atoms in total. The van der Waals surface area contributed by atoms with Gasteiger partial charge >= 0.3 is 6.08 Å². The summed E-state index contributed by atoms with van der Waals surface area (Å²) in [6, 6.07) is 6.00. The second kappa shape index (κ2) is 11.5. The van der Waals surface area contributed by atoms with Crippen molar-refractivity contribution in [3.63, 3.8) is 0 Å². The molecule has 0 spiro atoms. The lowest BCUT2D eigenvalue weighted by Gasteiger charge is -2.32. The van der Waals surface area contributed by atoms with E-state index in [4.69, 9.17) is 18.6 Å². The van der Waals surface area contributed by atoms with Gasteiger partial charge < -0.3 is 28.8 Å². The molecule has 0 saturated carbocycles. The van der Waals surface area contributed by atoms with Crippen LogP contribution < -0.4 is 24.4 Å². The Morgan fingerprint density at radius 2 is 1.87 bits per heavy atom. The van der Waals surface area contributed by atoms with Crippen LogP contribution in [0.4, 0.5) is 11.6 Å². The summed E-state index contributed by atoms with van der Waals surface area (Å²) in [6.45, 7) is 12.4. The molecular formula is C28H38N6O5. The van der Waals surface area contributed by atoms with Crippen LogP contribution in [0.15, 0.2) is 28.9 Å². The number of amides is 1. The molecule has 3 aromatic rings. The highest BCUT2D eigenvalue weighted by atomic mass is 16.6. The molecule has 1 N–H and O–H groups in total. The van der Waals surface area contributed by atoms with E-state index in [1.165, 1.54) is 20.5 Å². The van der Waals surface area contributed by atoms with Gasteiger partial charge in [-0.3, -0.25) is 9.69 Å². The van der Waals surface area contributed by atoms with Crippen LogP contribution in [0.2, 0.25) is 0 Å². The zero-order valence-electron chi connectivity index (χ0n) is 24.0. The van der Waals surface area contributed by atoms with Crippen molar-refractivity contribution in [3.8, 4) is 23.6 Å². The van der Waals surface area contributed by atoms with Crippen LogP contribution in [0.1, 0.15) is 62.2 Å². The van der Waals surface area contributed by atoms with Gasteiger partial charge in [0.15, 0.2) is 11.4 Å². The molecule has 1 aliphatic heterocycles. The Balaban J connectivity index is 1.54. The van der Waals surface area contributed by atoms with E-state index in [0.29, 0.717) is 11.7 Å². The summed E-state index contributed by atoms with van der Waals surface area (Å²) in [7, 11) is 4.90. The van der Waals surface area contributed by atoms with Crippen LogP contribution in [-0.2, 0) is 5.41 Å². The quantitative estimate of drug-likeness (QED) is 0.399. The highest BCUT2D eigenvalue weighted by Crippen LogP contribution is 2.35. The van der Waals surface area contributed by atoms with Crippen molar-refractivity contribution in [1.82, 2.24) is 19.9 Å². The van der Waals surface area contributed by atoms with Crippen LogP contribution >= 0.6 is 0 Å². The van der Waals surface area contributed by atoms with Gasteiger partial charge in [-0.05, 0) is 48.9 Å². The monoisotopic (exact) mass is 538 g/mol. The zero-order chi connectivity index (χ0) is 28.3. The Morgan fingerprint density at radius 3 is 2.49 bits per heavy atom. The van der Waals surface area contributed by atoms with E-state index in [9.17, 15) is 4.79 Å². The highest BCUT2D eigenvalue weighted by Gasteiger charge is 2.30. The molecule has 1 aliphatic rings. The molecule has 0 aliphatic carbocycles. The summed E-state index contributed by atoms with van der Waals surface area (Å²) in [5.41, 5.74) is 2.19. The lowest BCUT2D eigenvalue weighted by atomic mass is 9.86. The summed E-state index contributed by atoms with van der Waals surface area (Å²) in [5.74, 6) is 0.844. The van der Waals surface area contributed by atoms with Gasteiger partial charge in [-0.25, -0.2) is 0 Å². The van der Waals surface area contributed by atoms with Crippen LogP contribution in [0.25, 0.3) is 0 Å². The third kappa shape index (κ3) is 6.08. The molecule has 1 fully saturated rings. The molecule has 0 bridgehead atoms. The first-order chi connectivity index (χ1) is 18.5. The maximum Gasteiger partial charge on any atom is 0.399 e. The molecule has 1 amide bonds. The van der Waals surface area contributed by atoms with Crippen molar-refractivity contribution in [2.24, 2.45) is 0 Å². The molecule has 210 valence electrons. The number of benzene rings is 1. The first kappa shape index (κ1) is 28.2. The number of methoxy groups -OCH3 is 2. The number of aryl methyl sites for hydroxylation is 1. The number of rotatable bonds is 9. The number of hydrogen-bond donors (Lipinski definition) is 1. The number of carbonyl (C=O) groups excluding carboxylic acids is 1. The minimum atomic E-state index is -0.553. The van der Waals surface area contributed by atoms with E-state index in [1.807, 2.05) is 31.0 Å². The number of nitrogens with zero attached hydrogens (tertiary/aromatic N) is 5. The van der Waals surface area contributed by atoms with E-state index < -0.39 is 5.91 Å². The molecule has 1 saturated heterocycles. The van der Waals surface area contributed by atoms with Gasteiger partial charge in [0.2, 0.25) is 17.7 Å². The molecule has 1 unspecified atom stereocenters. The molecular weight excluding hydrogens is 500 g/mol. The Bertz CT molecular complexity index is 1290. The van der Waals surface area contributed by atoms with Gasteiger partial charge in [-0.15, -0.1) is 0 Å². The summed E-state index contributed by atoms with van der Waals surface area (Å²) < 4.78 is 22.4. The van der Waals surface area contributed by atoms with Crippen molar-refractivity contribution in [2.75, 3.05) is 44.6 Å². The van der Waals surface area contributed by atoms with Crippen molar-refractivity contribution >= 4 is 17.5 Å². The molecule has 1 atom stereocenters. The molecule has 11 heteroatoms. The van der Waals surface area contributed by atoms with Crippen molar-refractivity contribution in [3.05, 3.63) is 41.3 Å². The number of nitrogens with one attached hydrogen (secondary N) is 1. The third-order valence-electron chi connectivity index (χ3n) is 6.92. The average molecular weight is 539 g/mol. The number of carbonyl (C=O) groups is 1. The molecule has 0 radical (unpaired) electrons. The summed E-state index contributed by atoms with van der Waals surface area (Å²) in [4.78, 5) is 30.8. The van der Waals surface area contributed by atoms with E-state index in [-0.39, 0.29) is 40.8 Å². The molecule has 3 heterocycles. The summed E-state index contributed by atoms with van der Waals surface area (Å²) >= 11 is 0. The largest absolute Gasteiger partial charge is 0.479 e.